The summed E-state index contributed by atoms with van der Waals surface area (Å²) in [7, 11) is 1.69. The third-order valence-corrected chi connectivity index (χ3v) is 4.99. The van der Waals surface area contributed by atoms with Crippen LogP contribution in [0.25, 0.3) is 10.9 Å². The van der Waals surface area contributed by atoms with Crippen LogP contribution in [0.1, 0.15) is 47.7 Å². The van der Waals surface area contributed by atoms with Gasteiger partial charge in [0.05, 0.1) is 17.2 Å². The summed E-state index contributed by atoms with van der Waals surface area (Å²) < 4.78 is 13.7. The summed E-state index contributed by atoms with van der Waals surface area (Å²) in [5, 5.41) is 10.6. The molecule has 1 heterocycles. The lowest BCUT2D eigenvalue weighted by Crippen LogP contribution is -2.35. The maximum Gasteiger partial charge on any atom is 0.254 e. The number of fused-ring (bicyclic) bond motifs is 1. The molecule has 2 aliphatic carbocycles. The molecule has 0 radical (unpaired) electrons. The predicted octanol–water partition coefficient (Wildman–Crippen LogP) is 3.09. The summed E-state index contributed by atoms with van der Waals surface area (Å²) in [6.45, 7) is 0.307. The molecule has 2 saturated carbocycles. The van der Waals surface area contributed by atoms with Crippen molar-refractivity contribution < 1.29 is 14.3 Å². The molecule has 0 bridgehead atoms. The topological polar surface area (TPSA) is 53.4 Å². The second-order valence-electron chi connectivity index (χ2n) is 7.12. The average molecular weight is 328 g/mol. The molecule has 5 heteroatoms. The van der Waals surface area contributed by atoms with Crippen molar-refractivity contribution in [3.05, 3.63) is 41.3 Å². The van der Waals surface area contributed by atoms with Crippen LogP contribution in [0, 0.1) is 11.7 Å². The van der Waals surface area contributed by atoms with E-state index in [2.05, 4.69) is 4.98 Å². The van der Waals surface area contributed by atoms with E-state index in [4.69, 9.17) is 0 Å². The van der Waals surface area contributed by atoms with Crippen LogP contribution in [0.3, 0.4) is 0 Å². The van der Waals surface area contributed by atoms with Crippen molar-refractivity contribution >= 4 is 16.8 Å². The van der Waals surface area contributed by atoms with E-state index in [1.165, 1.54) is 12.1 Å². The predicted molar refractivity (Wildman–Crippen MR) is 89.4 cm³/mol. The molecule has 2 aromatic rings. The van der Waals surface area contributed by atoms with E-state index in [-0.39, 0.29) is 11.7 Å². The number of aliphatic hydroxyl groups is 1. The van der Waals surface area contributed by atoms with Crippen molar-refractivity contribution in [2.24, 2.45) is 5.92 Å². The number of aliphatic hydroxyl groups excluding tert-OH is 1. The number of aromatic nitrogens is 1. The van der Waals surface area contributed by atoms with E-state index in [0.717, 1.165) is 31.4 Å². The Morgan fingerprint density at radius 3 is 2.75 bits per heavy atom. The maximum absolute atomic E-state index is 13.7. The van der Waals surface area contributed by atoms with Crippen molar-refractivity contribution in [1.29, 1.82) is 0 Å². The smallest absolute Gasteiger partial charge is 0.254 e. The highest BCUT2D eigenvalue weighted by Gasteiger charge is 2.32. The van der Waals surface area contributed by atoms with Crippen molar-refractivity contribution in [1.82, 2.24) is 9.88 Å². The molecule has 4 rings (SSSR count). The van der Waals surface area contributed by atoms with Gasteiger partial charge in [-0.25, -0.2) is 4.39 Å². The van der Waals surface area contributed by atoms with Crippen molar-refractivity contribution in [2.45, 2.75) is 37.7 Å². The van der Waals surface area contributed by atoms with Gasteiger partial charge in [-0.1, -0.05) is 0 Å². The van der Waals surface area contributed by atoms with E-state index in [1.54, 1.807) is 18.0 Å². The van der Waals surface area contributed by atoms with Gasteiger partial charge in [-0.2, -0.15) is 0 Å². The second kappa shape index (κ2) is 5.81. The van der Waals surface area contributed by atoms with Gasteiger partial charge in [-0.05, 0) is 55.9 Å². The number of pyridine rings is 1. The van der Waals surface area contributed by atoms with E-state index in [0.29, 0.717) is 34.8 Å². The fraction of sp³-hybridized carbons (Fsp3) is 0.474. The molecule has 1 amide bonds. The molecule has 1 N–H and O–H groups in total. The van der Waals surface area contributed by atoms with Crippen LogP contribution in [-0.2, 0) is 0 Å². The fourth-order valence-electron chi connectivity index (χ4n) is 3.18. The molecule has 1 aromatic carbocycles. The zero-order valence-corrected chi connectivity index (χ0v) is 13.7. The highest BCUT2D eigenvalue weighted by Crippen LogP contribution is 2.40. The van der Waals surface area contributed by atoms with Crippen LogP contribution in [0.2, 0.25) is 0 Å². The Hall–Kier alpha value is -2.01. The van der Waals surface area contributed by atoms with E-state index >= 15 is 0 Å². The normalized spacial score (nSPS) is 18.6. The summed E-state index contributed by atoms with van der Waals surface area (Å²) in [5.74, 6) is 0.162. The van der Waals surface area contributed by atoms with Crippen LogP contribution in [0.15, 0.2) is 24.3 Å². The first-order valence-electron chi connectivity index (χ1n) is 8.56. The van der Waals surface area contributed by atoms with Crippen LogP contribution in [-0.4, -0.2) is 40.6 Å². The zero-order valence-electron chi connectivity index (χ0n) is 13.7. The van der Waals surface area contributed by atoms with Gasteiger partial charge in [0.15, 0.2) is 0 Å². The minimum Gasteiger partial charge on any atom is -0.391 e. The Bertz CT molecular complexity index is 799. The van der Waals surface area contributed by atoms with Crippen molar-refractivity contribution in [3.63, 3.8) is 0 Å². The van der Waals surface area contributed by atoms with Gasteiger partial charge in [0, 0.05) is 30.6 Å². The Morgan fingerprint density at radius 1 is 1.33 bits per heavy atom. The molecule has 4 nitrogen and oxygen atoms in total. The summed E-state index contributed by atoms with van der Waals surface area (Å²) in [4.78, 5) is 19.0. The molecule has 0 saturated heterocycles. The molecule has 1 aromatic heterocycles. The monoisotopic (exact) mass is 328 g/mol. The number of nitrogens with zero attached hydrogens (tertiary/aromatic N) is 2. The van der Waals surface area contributed by atoms with Crippen LogP contribution in [0.5, 0.6) is 0 Å². The molecular weight excluding hydrogens is 307 g/mol. The SMILES string of the molecule is CN(C[C@@H](O)C1CC1)C(=O)c1cc(C2CC2)nc2ccc(F)cc12. The summed E-state index contributed by atoms with van der Waals surface area (Å²) in [6, 6.07) is 6.19. The lowest BCUT2D eigenvalue weighted by atomic mass is 10.0. The van der Waals surface area contributed by atoms with Gasteiger partial charge in [-0.3, -0.25) is 9.78 Å². The number of amides is 1. The highest BCUT2D eigenvalue weighted by atomic mass is 19.1. The van der Waals surface area contributed by atoms with Crippen molar-refractivity contribution in [3.8, 4) is 0 Å². The molecule has 1 atom stereocenters. The number of rotatable bonds is 5. The minimum atomic E-state index is -0.480. The number of hydrogen-bond acceptors (Lipinski definition) is 3. The molecule has 126 valence electrons. The molecule has 0 spiro atoms. The third kappa shape index (κ3) is 3.00. The fourth-order valence-corrected chi connectivity index (χ4v) is 3.18. The van der Waals surface area contributed by atoms with Gasteiger partial charge in [-0.15, -0.1) is 0 Å². The van der Waals surface area contributed by atoms with Gasteiger partial charge in [0.2, 0.25) is 0 Å². The Labute approximate surface area is 140 Å². The zero-order chi connectivity index (χ0) is 16.8. The summed E-state index contributed by atoms with van der Waals surface area (Å²) in [6.07, 6.45) is 3.75. The van der Waals surface area contributed by atoms with Gasteiger partial charge < -0.3 is 10.0 Å². The van der Waals surface area contributed by atoms with Crippen LogP contribution >= 0.6 is 0 Å². The van der Waals surface area contributed by atoms with E-state index in [1.807, 2.05) is 6.07 Å². The third-order valence-electron chi connectivity index (χ3n) is 4.99. The van der Waals surface area contributed by atoms with Gasteiger partial charge >= 0.3 is 0 Å². The minimum absolute atomic E-state index is 0.186. The number of hydrogen-bond donors (Lipinski definition) is 1. The number of carbonyl (C=O) groups excluding carboxylic acids is 1. The number of benzene rings is 1. The average Bonchev–Trinajstić information content (AvgIpc) is 3.45. The van der Waals surface area contributed by atoms with Crippen molar-refractivity contribution in [2.75, 3.05) is 13.6 Å². The molecule has 24 heavy (non-hydrogen) atoms. The second-order valence-corrected chi connectivity index (χ2v) is 7.12. The lowest BCUT2D eigenvalue weighted by Gasteiger charge is -2.22. The number of carbonyl (C=O) groups is 1. The largest absolute Gasteiger partial charge is 0.391 e. The highest BCUT2D eigenvalue weighted by molar-refractivity contribution is 6.06. The standard InChI is InChI=1S/C19H21FN2O2/c1-22(10-18(23)12-4-5-12)19(24)15-9-17(11-2-3-11)21-16-7-6-13(20)8-14(15)16/h6-9,11-12,18,23H,2-5,10H2,1H3/t18-/m1/s1. The molecule has 0 aliphatic heterocycles. The number of likely N-dealkylation sites (N-methyl/N-ethyl adjacent to an activating group) is 1. The Balaban J connectivity index is 1.70. The van der Waals surface area contributed by atoms with E-state index in [9.17, 15) is 14.3 Å². The van der Waals surface area contributed by atoms with Crippen LogP contribution in [0.4, 0.5) is 4.39 Å². The first-order chi connectivity index (χ1) is 11.5. The molecule has 2 fully saturated rings. The maximum atomic E-state index is 13.7. The Kier molecular flexibility index (Phi) is 3.76. The van der Waals surface area contributed by atoms with E-state index < -0.39 is 6.10 Å². The first-order valence-corrected chi connectivity index (χ1v) is 8.56. The molecule has 2 aliphatic rings. The molecule has 0 unspecified atom stereocenters. The summed E-state index contributed by atoms with van der Waals surface area (Å²) >= 11 is 0. The van der Waals surface area contributed by atoms with Crippen LogP contribution < -0.4 is 0 Å². The van der Waals surface area contributed by atoms with Gasteiger partial charge in [0.25, 0.3) is 5.91 Å². The summed E-state index contributed by atoms with van der Waals surface area (Å²) in [5.41, 5.74) is 2.04. The number of halogens is 1. The Morgan fingerprint density at radius 2 is 2.08 bits per heavy atom. The first kappa shape index (κ1) is 15.5. The van der Waals surface area contributed by atoms with Gasteiger partial charge in [0.1, 0.15) is 5.82 Å². The molecular formula is C19H21FN2O2. The lowest BCUT2D eigenvalue weighted by molar-refractivity contribution is 0.0647. The quantitative estimate of drug-likeness (QED) is 0.917.